The highest BCUT2D eigenvalue weighted by Crippen LogP contribution is 2.25. The predicted octanol–water partition coefficient (Wildman–Crippen LogP) is 3.03. The van der Waals surface area contributed by atoms with Gasteiger partial charge in [0.2, 0.25) is 0 Å². The van der Waals surface area contributed by atoms with Crippen molar-refractivity contribution in [3.63, 3.8) is 0 Å². The Morgan fingerprint density at radius 1 is 1.17 bits per heavy atom. The van der Waals surface area contributed by atoms with Gasteiger partial charge < -0.3 is 9.97 Å². The smallest absolute Gasteiger partial charge is 0.273 e. The first kappa shape index (κ1) is 13.6. The van der Waals surface area contributed by atoms with Crippen molar-refractivity contribution in [1.82, 2.24) is 15.4 Å². The lowest BCUT2D eigenvalue weighted by Crippen LogP contribution is -2.13. The van der Waals surface area contributed by atoms with E-state index >= 15 is 0 Å². The molecule has 0 fully saturated rings. The van der Waals surface area contributed by atoms with Gasteiger partial charge in [0.15, 0.2) is 0 Å². The lowest BCUT2D eigenvalue weighted by Gasteiger charge is -2.01. The van der Waals surface area contributed by atoms with Crippen LogP contribution in [0.4, 0.5) is 0 Å². The van der Waals surface area contributed by atoms with Crippen molar-refractivity contribution < 1.29 is 4.79 Å². The van der Waals surface area contributed by atoms with Crippen LogP contribution in [0.5, 0.6) is 0 Å². The number of carbonyl (C=O) groups excluding carboxylic acids is 1. The van der Waals surface area contributed by atoms with Crippen LogP contribution in [0.25, 0.3) is 17.0 Å². The van der Waals surface area contributed by atoms with Crippen LogP contribution in [0.3, 0.4) is 0 Å². The molecule has 4 rings (SSSR count). The van der Waals surface area contributed by atoms with Gasteiger partial charge in [0.25, 0.3) is 5.91 Å². The molecule has 1 amide bonds. The fourth-order valence-electron chi connectivity index (χ4n) is 2.99. The van der Waals surface area contributed by atoms with Crippen LogP contribution in [0.1, 0.15) is 22.5 Å². The molecule has 0 saturated heterocycles. The highest BCUT2D eigenvalue weighted by atomic mass is 16.2. The van der Waals surface area contributed by atoms with E-state index in [2.05, 4.69) is 26.6 Å². The zero-order valence-corrected chi connectivity index (χ0v) is 12.9. The Hall–Kier alpha value is -3.08. The summed E-state index contributed by atoms with van der Waals surface area (Å²) >= 11 is 0. The summed E-state index contributed by atoms with van der Waals surface area (Å²) in [6.45, 7) is 4.02. The molecule has 114 valence electrons. The molecule has 1 aliphatic rings. The number of nitrogens with zero attached hydrogens (tertiary/aromatic N) is 1. The molecule has 3 heterocycles. The van der Waals surface area contributed by atoms with Gasteiger partial charge in [-0.3, -0.25) is 4.79 Å². The van der Waals surface area contributed by atoms with Crippen molar-refractivity contribution in [2.75, 3.05) is 0 Å². The number of hydrogen-bond acceptors (Lipinski definition) is 2. The number of hydrazone groups is 1. The molecule has 3 N–H and O–H groups in total. The molecule has 3 aromatic rings. The number of H-pyrrole nitrogens is 2. The number of amides is 1. The summed E-state index contributed by atoms with van der Waals surface area (Å²) in [7, 11) is 0. The molecule has 0 atom stereocenters. The van der Waals surface area contributed by atoms with Crippen molar-refractivity contribution in [2.24, 2.45) is 5.10 Å². The number of aromatic amines is 2. The number of aromatic nitrogens is 2. The number of para-hydroxylation sites is 1. The molecule has 0 saturated carbocycles. The molecule has 5 nitrogen and oxygen atoms in total. The minimum Gasteiger partial charge on any atom is -0.360 e. The quantitative estimate of drug-likeness (QED) is 0.626. The number of carbonyl (C=O) groups is 1. The Labute approximate surface area is 133 Å². The second-order valence-electron chi connectivity index (χ2n) is 5.76. The summed E-state index contributed by atoms with van der Waals surface area (Å²) in [4.78, 5) is 18.7. The minimum atomic E-state index is -0.183. The lowest BCUT2D eigenvalue weighted by molar-refractivity contribution is -0.116. The third-order valence-electron chi connectivity index (χ3n) is 4.09. The van der Waals surface area contributed by atoms with Crippen LogP contribution < -0.4 is 5.43 Å². The highest BCUT2D eigenvalue weighted by Gasteiger charge is 2.26. The van der Waals surface area contributed by atoms with Gasteiger partial charge in [-0.1, -0.05) is 18.2 Å². The average molecular weight is 304 g/mol. The Kier molecular flexibility index (Phi) is 2.94. The van der Waals surface area contributed by atoms with Crippen molar-refractivity contribution >= 4 is 28.6 Å². The number of benzene rings is 1. The Morgan fingerprint density at radius 3 is 2.78 bits per heavy atom. The zero-order valence-electron chi connectivity index (χ0n) is 12.9. The maximum atomic E-state index is 12.2. The Morgan fingerprint density at radius 2 is 2.00 bits per heavy atom. The first-order chi connectivity index (χ1) is 11.1. The van der Waals surface area contributed by atoms with Gasteiger partial charge in [0, 0.05) is 34.1 Å². The average Bonchev–Trinajstić information content (AvgIpc) is 3.19. The maximum Gasteiger partial charge on any atom is 0.273 e. The van der Waals surface area contributed by atoms with E-state index in [1.807, 2.05) is 50.4 Å². The van der Waals surface area contributed by atoms with E-state index < -0.39 is 0 Å². The van der Waals surface area contributed by atoms with E-state index in [-0.39, 0.29) is 5.91 Å². The SMILES string of the molecule is Cc1cc(C)c(/C=C2/C(=O)NN=C2c2c[nH]c3ccccc23)[nH]1. The second kappa shape index (κ2) is 4.98. The monoisotopic (exact) mass is 304 g/mol. The molecule has 1 aliphatic heterocycles. The summed E-state index contributed by atoms with van der Waals surface area (Å²) in [5.41, 5.74) is 8.86. The number of hydrogen-bond donors (Lipinski definition) is 3. The maximum absolute atomic E-state index is 12.2. The van der Waals surface area contributed by atoms with Gasteiger partial charge in [-0.05, 0) is 37.6 Å². The molecule has 0 bridgehead atoms. The van der Waals surface area contributed by atoms with E-state index in [9.17, 15) is 4.79 Å². The topological polar surface area (TPSA) is 73.0 Å². The summed E-state index contributed by atoms with van der Waals surface area (Å²) in [6.07, 6.45) is 3.76. The molecule has 2 aromatic heterocycles. The fraction of sp³-hybridized carbons (Fsp3) is 0.111. The molecule has 5 heteroatoms. The molecule has 1 aromatic carbocycles. The van der Waals surface area contributed by atoms with Crippen LogP contribution in [0.2, 0.25) is 0 Å². The van der Waals surface area contributed by atoms with Crippen LogP contribution in [0, 0.1) is 13.8 Å². The van der Waals surface area contributed by atoms with Crippen LogP contribution >= 0.6 is 0 Å². The normalized spacial score (nSPS) is 16.2. The third kappa shape index (κ3) is 2.17. The fourth-order valence-corrected chi connectivity index (χ4v) is 2.99. The van der Waals surface area contributed by atoms with Crippen LogP contribution in [-0.2, 0) is 4.79 Å². The molecule has 0 radical (unpaired) electrons. The largest absolute Gasteiger partial charge is 0.360 e. The molecular formula is C18H16N4O. The van der Waals surface area contributed by atoms with Crippen molar-refractivity contribution in [2.45, 2.75) is 13.8 Å². The van der Waals surface area contributed by atoms with E-state index in [1.165, 1.54) is 0 Å². The molecule has 0 aliphatic carbocycles. The summed E-state index contributed by atoms with van der Waals surface area (Å²) in [5.74, 6) is -0.183. The second-order valence-corrected chi connectivity index (χ2v) is 5.76. The minimum absolute atomic E-state index is 0.183. The third-order valence-corrected chi connectivity index (χ3v) is 4.09. The first-order valence-electron chi connectivity index (χ1n) is 7.46. The summed E-state index contributed by atoms with van der Waals surface area (Å²) in [5, 5.41) is 5.29. The van der Waals surface area contributed by atoms with Gasteiger partial charge >= 0.3 is 0 Å². The van der Waals surface area contributed by atoms with E-state index in [1.54, 1.807) is 0 Å². The molecular weight excluding hydrogens is 288 g/mol. The zero-order chi connectivity index (χ0) is 16.0. The van der Waals surface area contributed by atoms with Crippen molar-refractivity contribution in [3.05, 3.63) is 64.6 Å². The van der Waals surface area contributed by atoms with Gasteiger partial charge in [0.1, 0.15) is 5.71 Å². The highest BCUT2D eigenvalue weighted by molar-refractivity contribution is 6.35. The first-order valence-corrected chi connectivity index (χ1v) is 7.46. The predicted molar refractivity (Wildman–Crippen MR) is 91.2 cm³/mol. The van der Waals surface area contributed by atoms with Crippen LogP contribution in [-0.4, -0.2) is 21.6 Å². The van der Waals surface area contributed by atoms with Crippen molar-refractivity contribution in [1.29, 1.82) is 0 Å². The van der Waals surface area contributed by atoms with Gasteiger partial charge in [-0.15, -0.1) is 0 Å². The summed E-state index contributed by atoms with van der Waals surface area (Å²) < 4.78 is 0. The number of nitrogens with one attached hydrogen (secondary N) is 3. The van der Waals surface area contributed by atoms with Crippen molar-refractivity contribution in [3.8, 4) is 0 Å². The van der Waals surface area contributed by atoms with E-state index in [0.29, 0.717) is 11.3 Å². The standard InChI is InChI=1S/C18H16N4O/c1-10-7-11(2)20-16(10)8-13-17(21-22-18(13)23)14-9-19-15-6-4-3-5-12(14)15/h3-9,19-20H,1-2H3,(H,22,23)/b13-8+. The van der Waals surface area contributed by atoms with Crippen LogP contribution in [0.15, 0.2) is 47.2 Å². The van der Waals surface area contributed by atoms with Gasteiger partial charge in [-0.2, -0.15) is 5.10 Å². The Balaban J connectivity index is 1.85. The number of rotatable bonds is 2. The van der Waals surface area contributed by atoms with E-state index in [4.69, 9.17) is 0 Å². The summed E-state index contributed by atoms with van der Waals surface area (Å²) in [6, 6.07) is 10.0. The molecule has 0 unspecified atom stereocenters. The number of fused-ring (bicyclic) bond motifs is 1. The Bertz CT molecular complexity index is 988. The molecule has 23 heavy (non-hydrogen) atoms. The molecule has 0 spiro atoms. The van der Waals surface area contributed by atoms with E-state index in [0.717, 1.165) is 33.4 Å². The van der Waals surface area contributed by atoms with Gasteiger partial charge in [0.05, 0.1) is 5.57 Å². The number of aryl methyl sites for hydroxylation is 2. The lowest BCUT2D eigenvalue weighted by atomic mass is 10.0. The van der Waals surface area contributed by atoms with Gasteiger partial charge in [-0.25, -0.2) is 5.43 Å².